The highest BCUT2D eigenvalue weighted by Crippen LogP contribution is 2.40. The fraction of sp³-hybridized carbons (Fsp3) is 0.647. The second-order valence-electron chi connectivity index (χ2n) is 5.93. The summed E-state index contributed by atoms with van der Waals surface area (Å²) < 4.78 is 0. The summed E-state index contributed by atoms with van der Waals surface area (Å²) in [5.74, 6) is 2.03. The summed E-state index contributed by atoms with van der Waals surface area (Å²) in [6.07, 6.45) is 7.19. The molecule has 104 valence electrons. The van der Waals surface area contributed by atoms with Crippen molar-refractivity contribution in [1.82, 2.24) is 4.90 Å². The molecule has 1 nitrogen and oxygen atoms in total. The van der Waals surface area contributed by atoms with Gasteiger partial charge in [0.25, 0.3) is 0 Å². The van der Waals surface area contributed by atoms with E-state index in [1.54, 1.807) is 5.56 Å². The SMILES string of the molecule is CCN(CC1CSc2ccccc21)C1CCCCC1. The van der Waals surface area contributed by atoms with Crippen LogP contribution in [0.15, 0.2) is 29.2 Å². The summed E-state index contributed by atoms with van der Waals surface area (Å²) in [4.78, 5) is 4.28. The van der Waals surface area contributed by atoms with E-state index in [1.807, 2.05) is 11.8 Å². The van der Waals surface area contributed by atoms with Crippen LogP contribution in [0, 0.1) is 0 Å². The summed E-state index contributed by atoms with van der Waals surface area (Å²) in [5.41, 5.74) is 1.60. The molecule has 19 heavy (non-hydrogen) atoms. The van der Waals surface area contributed by atoms with E-state index >= 15 is 0 Å². The van der Waals surface area contributed by atoms with Crippen LogP contribution in [0.4, 0.5) is 0 Å². The Bertz CT molecular complexity index is 411. The Hall–Kier alpha value is -0.470. The van der Waals surface area contributed by atoms with Crippen molar-refractivity contribution in [2.24, 2.45) is 0 Å². The van der Waals surface area contributed by atoms with Crippen LogP contribution in [0.3, 0.4) is 0 Å². The zero-order valence-corrected chi connectivity index (χ0v) is 12.8. The summed E-state index contributed by atoms with van der Waals surface area (Å²) in [6.45, 7) is 4.82. The van der Waals surface area contributed by atoms with Crippen LogP contribution in [0.2, 0.25) is 0 Å². The number of likely N-dealkylation sites (N-methyl/N-ethyl adjacent to an activating group) is 1. The third-order valence-corrected chi connectivity index (χ3v) is 6.00. The molecule has 1 atom stereocenters. The van der Waals surface area contributed by atoms with E-state index < -0.39 is 0 Å². The molecule has 1 unspecified atom stereocenters. The average Bonchev–Trinajstić information content (AvgIpc) is 2.89. The molecule has 0 amide bonds. The van der Waals surface area contributed by atoms with Crippen LogP contribution in [0.25, 0.3) is 0 Å². The zero-order valence-electron chi connectivity index (χ0n) is 12.0. The molecular weight excluding hydrogens is 250 g/mol. The maximum absolute atomic E-state index is 2.76. The molecular formula is C17H25NS. The minimum absolute atomic E-state index is 0.753. The van der Waals surface area contributed by atoms with Crippen LogP contribution >= 0.6 is 11.8 Å². The van der Waals surface area contributed by atoms with Gasteiger partial charge in [-0.3, -0.25) is 0 Å². The number of rotatable bonds is 4. The molecule has 3 rings (SSSR count). The second-order valence-corrected chi connectivity index (χ2v) is 6.99. The van der Waals surface area contributed by atoms with Gasteiger partial charge < -0.3 is 4.90 Å². The standard InChI is InChI=1S/C17H25NS/c1-2-18(15-8-4-3-5-9-15)12-14-13-19-17-11-7-6-10-16(14)17/h6-7,10-11,14-15H,2-5,8-9,12-13H2,1H3. The summed E-state index contributed by atoms with van der Waals surface area (Å²) in [5, 5.41) is 0. The first kappa shape index (κ1) is 13.5. The number of benzene rings is 1. The molecule has 2 aliphatic rings. The summed E-state index contributed by atoms with van der Waals surface area (Å²) in [7, 11) is 0. The third kappa shape index (κ3) is 3.00. The Kier molecular flexibility index (Phi) is 4.49. The van der Waals surface area contributed by atoms with Crippen molar-refractivity contribution in [2.45, 2.75) is 55.9 Å². The largest absolute Gasteiger partial charge is 0.300 e. The minimum Gasteiger partial charge on any atom is -0.300 e. The fourth-order valence-electron chi connectivity index (χ4n) is 3.65. The van der Waals surface area contributed by atoms with Crippen molar-refractivity contribution in [3.63, 3.8) is 0 Å². The molecule has 0 saturated heterocycles. The van der Waals surface area contributed by atoms with Crippen molar-refractivity contribution in [1.29, 1.82) is 0 Å². The van der Waals surface area contributed by atoms with Crippen molar-refractivity contribution in [2.75, 3.05) is 18.8 Å². The first-order valence-electron chi connectivity index (χ1n) is 7.84. The van der Waals surface area contributed by atoms with Gasteiger partial charge in [-0.05, 0) is 31.0 Å². The Morgan fingerprint density at radius 3 is 2.74 bits per heavy atom. The van der Waals surface area contributed by atoms with Gasteiger partial charge in [-0.15, -0.1) is 11.8 Å². The predicted molar refractivity (Wildman–Crippen MR) is 84.0 cm³/mol. The zero-order chi connectivity index (χ0) is 13.1. The van der Waals surface area contributed by atoms with Crippen LogP contribution in [-0.4, -0.2) is 29.8 Å². The van der Waals surface area contributed by atoms with E-state index in [-0.39, 0.29) is 0 Å². The van der Waals surface area contributed by atoms with Gasteiger partial charge in [0.15, 0.2) is 0 Å². The van der Waals surface area contributed by atoms with Gasteiger partial charge in [0.05, 0.1) is 0 Å². The molecule has 1 aromatic rings. The molecule has 0 bridgehead atoms. The fourth-order valence-corrected chi connectivity index (χ4v) is 4.89. The lowest BCUT2D eigenvalue weighted by Gasteiger charge is -2.35. The first-order chi connectivity index (χ1) is 9.38. The molecule has 0 aromatic heterocycles. The Morgan fingerprint density at radius 1 is 1.16 bits per heavy atom. The quantitative estimate of drug-likeness (QED) is 0.794. The van der Waals surface area contributed by atoms with Crippen molar-refractivity contribution in [3.8, 4) is 0 Å². The molecule has 1 fully saturated rings. The Labute approximate surface area is 121 Å². The molecule has 1 aliphatic heterocycles. The Morgan fingerprint density at radius 2 is 1.95 bits per heavy atom. The number of hydrogen-bond acceptors (Lipinski definition) is 2. The topological polar surface area (TPSA) is 3.24 Å². The third-order valence-electron chi connectivity index (χ3n) is 4.75. The van der Waals surface area contributed by atoms with Crippen LogP contribution in [0.1, 0.15) is 50.5 Å². The van der Waals surface area contributed by atoms with E-state index in [0.717, 1.165) is 12.0 Å². The van der Waals surface area contributed by atoms with Crippen molar-refractivity contribution >= 4 is 11.8 Å². The van der Waals surface area contributed by atoms with Gasteiger partial charge >= 0.3 is 0 Å². The average molecular weight is 275 g/mol. The highest BCUT2D eigenvalue weighted by atomic mass is 32.2. The Balaban J connectivity index is 1.67. The van der Waals surface area contributed by atoms with Crippen LogP contribution < -0.4 is 0 Å². The predicted octanol–water partition coefficient (Wildman–Crippen LogP) is 4.53. The number of hydrogen-bond donors (Lipinski definition) is 0. The van der Waals surface area contributed by atoms with E-state index in [0.29, 0.717) is 0 Å². The van der Waals surface area contributed by atoms with Gasteiger partial charge in [-0.25, -0.2) is 0 Å². The summed E-state index contributed by atoms with van der Waals surface area (Å²) in [6, 6.07) is 9.86. The van der Waals surface area contributed by atoms with E-state index in [4.69, 9.17) is 0 Å². The minimum atomic E-state index is 0.753. The van der Waals surface area contributed by atoms with Crippen molar-refractivity contribution < 1.29 is 0 Å². The second kappa shape index (κ2) is 6.32. The smallest absolute Gasteiger partial charge is 0.0108 e. The molecule has 0 spiro atoms. The lowest BCUT2D eigenvalue weighted by molar-refractivity contribution is 0.157. The van der Waals surface area contributed by atoms with E-state index in [9.17, 15) is 0 Å². The van der Waals surface area contributed by atoms with E-state index in [2.05, 4.69) is 36.1 Å². The van der Waals surface area contributed by atoms with Gasteiger partial charge in [0.2, 0.25) is 0 Å². The monoisotopic (exact) mass is 275 g/mol. The number of thioether (sulfide) groups is 1. The van der Waals surface area contributed by atoms with Gasteiger partial charge in [-0.2, -0.15) is 0 Å². The summed E-state index contributed by atoms with van der Waals surface area (Å²) >= 11 is 2.05. The lowest BCUT2D eigenvalue weighted by atomic mass is 9.92. The highest BCUT2D eigenvalue weighted by Gasteiger charge is 2.27. The van der Waals surface area contributed by atoms with Crippen LogP contribution in [0.5, 0.6) is 0 Å². The molecule has 1 saturated carbocycles. The normalized spacial score (nSPS) is 23.8. The molecule has 1 aliphatic carbocycles. The van der Waals surface area contributed by atoms with Gasteiger partial charge in [0.1, 0.15) is 0 Å². The van der Waals surface area contributed by atoms with Gasteiger partial charge in [-0.1, -0.05) is 44.4 Å². The molecule has 0 radical (unpaired) electrons. The number of fused-ring (bicyclic) bond motifs is 1. The molecule has 1 heterocycles. The van der Waals surface area contributed by atoms with Gasteiger partial charge in [0, 0.05) is 29.2 Å². The molecule has 0 N–H and O–H groups in total. The highest BCUT2D eigenvalue weighted by molar-refractivity contribution is 7.99. The first-order valence-corrected chi connectivity index (χ1v) is 8.83. The maximum atomic E-state index is 2.76. The van der Waals surface area contributed by atoms with E-state index in [1.165, 1.54) is 55.8 Å². The maximum Gasteiger partial charge on any atom is 0.0108 e. The molecule has 1 aromatic carbocycles. The lowest BCUT2D eigenvalue weighted by Crippen LogP contribution is -2.39. The van der Waals surface area contributed by atoms with Crippen molar-refractivity contribution in [3.05, 3.63) is 29.8 Å². The number of nitrogens with zero attached hydrogens (tertiary/aromatic N) is 1. The molecule has 2 heteroatoms. The van der Waals surface area contributed by atoms with Crippen LogP contribution in [-0.2, 0) is 0 Å².